The van der Waals surface area contributed by atoms with Gasteiger partial charge in [0.15, 0.2) is 6.61 Å². The van der Waals surface area contributed by atoms with E-state index in [4.69, 9.17) is 9.84 Å². The lowest BCUT2D eigenvalue weighted by atomic mass is 10.1. The lowest BCUT2D eigenvalue weighted by Crippen LogP contribution is -2.39. The summed E-state index contributed by atoms with van der Waals surface area (Å²) in [7, 11) is 0. The van der Waals surface area contributed by atoms with Crippen LogP contribution in [0.2, 0.25) is 0 Å². The number of amides is 1. The van der Waals surface area contributed by atoms with Crippen molar-refractivity contribution in [1.29, 1.82) is 0 Å². The molecule has 0 radical (unpaired) electrons. The molecule has 0 aromatic heterocycles. The van der Waals surface area contributed by atoms with Crippen molar-refractivity contribution in [3.05, 3.63) is 53.6 Å². The third kappa shape index (κ3) is 5.31. The summed E-state index contributed by atoms with van der Waals surface area (Å²) >= 11 is 0. The summed E-state index contributed by atoms with van der Waals surface area (Å²) < 4.78 is 43.3. The highest BCUT2D eigenvalue weighted by molar-refractivity contribution is 6.45. The molecule has 0 fully saturated rings. The van der Waals surface area contributed by atoms with E-state index in [9.17, 15) is 22.8 Å². The van der Waals surface area contributed by atoms with Gasteiger partial charge in [-0.2, -0.15) is 23.4 Å². The van der Waals surface area contributed by atoms with Crippen LogP contribution < -0.4 is 20.6 Å². The van der Waals surface area contributed by atoms with Crippen molar-refractivity contribution in [2.24, 2.45) is 5.10 Å². The standard InChI is InChI=1S/C20H19F3N4O4/c1-11-9-14(5-8-16(11)31-10-17(28)29)24-19(30)18-12(2)25-27(26-18)15-6-3-13(4-7-15)20(21,22)23/h3-9,12,25H,10H2,1-2H3,(H,24,30)(H,28,29). The summed E-state index contributed by atoms with van der Waals surface area (Å²) in [6.45, 7) is 2.92. The number of nitrogens with one attached hydrogen (secondary N) is 2. The second kappa shape index (κ2) is 8.64. The Labute approximate surface area is 175 Å². The zero-order valence-electron chi connectivity index (χ0n) is 16.5. The molecule has 1 amide bonds. The van der Waals surface area contributed by atoms with E-state index < -0.39 is 36.3 Å². The summed E-state index contributed by atoms with van der Waals surface area (Å²) in [6.07, 6.45) is -4.44. The quantitative estimate of drug-likeness (QED) is 0.643. The van der Waals surface area contributed by atoms with E-state index in [0.717, 1.165) is 12.1 Å². The van der Waals surface area contributed by atoms with Crippen LogP contribution >= 0.6 is 0 Å². The number of carboxylic acids is 1. The van der Waals surface area contributed by atoms with Crippen LogP contribution in [0.5, 0.6) is 5.75 Å². The number of rotatable bonds is 6. The molecule has 3 N–H and O–H groups in total. The van der Waals surface area contributed by atoms with Crippen LogP contribution in [0.15, 0.2) is 47.6 Å². The van der Waals surface area contributed by atoms with Crippen LogP contribution in [0.25, 0.3) is 0 Å². The SMILES string of the molecule is Cc1cc(NC(=O)C2=NN(c3ccc(C(F)(F)F)cc3)NC2C)ccc1OCC(=O)O. The molecule has 1 unspecified atom stereocenters. The maximum atomic E-state index is 12.7. The first-order chi connectivity index (χ1) is 14.5. The highest BCUT2D eigenvalue weighted by Crippen LogP contribution is 2.31. The van der Waals surface area contributed by atoms with E-state index in [0.29, 0.717) is 22.7 Å². The molecular weight excluding hydrogens is 417 g/mol. The Morgan fingerprint density at radius 2 is 1.90 bits per heavy atom. The average molecular weight is 436 g/mol. The molecule has 1 aliphatic rings. The number of hydrogen-bond acceptors (Lipinski definition) is 6. The van der Waals surface area contributed by atoms with Crippen molar-refractivity contribution in [3.8, 4) is 5.75 Å². The average Bonchev–Trinajstić information content (AvgIpc) is 3.08. The predicted octanol–water partition coefficient (Wildman–Crippen LogP) is 3.19. The molecule has 0 aliphatic carbocycles. The minimum atomic E-state index is -4.44. The Morgan fingerprint density at radius 1 is 1.23 bits per heavy atom. The number of anilines is 2. The molecule has 1 atom stereocenters. The highest BCUT2D eigenvalue weighted by atomic mass is 19.4. The van der Waals surface area contributed by atoms with Crippen LogP contribution in [0.3, 0.4) is 0 Å². The number of carbonyl (C=O) groups excluding carboxylic acids is 1. The Hall–Kier alpha value is -3.60. The molecule has 0 saturated heterocycles. The fourth-order valence-corrected chi connectivity index (χ4v) is 2.86. The first-order valence-electron chi connectivity index (χ1n) is 9.13. The van der Waals surface area contributed by atoms with Crippen molar-refractivity contribution in [2.75, 3.05) is 17.0 Å². The van der Waals surface area contributed by atoms with Gasteiger partial charge in [-0.15, -0.1) is 0 Å². The number of nitrogens with zero attached hydrogens (tertiary/aromatic N) is 2. The van der Waals surface area contributed by atoms with Gasteiger partial charge in [-0.25, -0.2) is 10.2 Å². The number of aryl methyl sites for hydroxylation is 1. The van der Waals surface area contributed by atoms with Crippen molar-refractivity contribution >= 4 is 29.0 Å². The summed E-state index contributed by atoms with van der Waals surface area (Å²) in [6, 6.07) is 8.62. The monoisotopic (exact) mass is 436 g/mol. The van der Waals surface area contributed by atoms with Gasteiger partial charge in [-0.1, -0.05) is 0 Å². The van der Waals surface area contributed by atoms with Crippen molar-refractivity contribution in [2.45, 2.75) is 26.1 Å². The third-order valence-corrected chi connectivity index (χ3v) is 4.39. The first-order valence-corrected chi connectivity index (χ1v) is 9.13. The van der Waals surface area contributed by atoms with Crippen LogP contribution in [-0.2, 0) is 15.8 Å². The molecule has 3 rings (SSSR count). The minimum absolute atomic E-state index is 0.142. The lowest BCUT2D eigenvalue weighted by molar-refractivity contribution is -0.139. The van der Waals surface area contributed by atoms with Crippen molar-refractivity contribution in [1.82, 2.24) is 5.43 Å². The van der Waals surface area contributed by atoms with Gasteiger partial charge in [0.1, 0.15) is 11.5 Å². The molecule has 1 heterocycles. The van der Waals surface area contributed by atoms with Gasteiger partial charge >= 0.3 is 12.1 Å². The van der Waals surface area contributed by atoms with Gasteiger partial charge in [-0.05, 0) is 61.9 Å². The second-order valence-electron chi connectivity index (χ2n) is 6.81. The fraction of sp³-hybridized carbons (Fsp3) is 0.250. The van der Waals surface area contributed by atoms with Gasteiger partial charge in [0, 0.05) is 5.69 Å². The van der Waals surface area contributed by atoms with Gasteiger partial charge in [-0.3, -0.25) is 4.79 Å². The Morgan fingerprint density at radius 3 is 2.48 bits per heavy atom. The molecule has 0 saturated carbocycles. The summed E-state index contributed by atoms with van der Waals surface area (Å²) in [4.78, 5) is 23.2. The zero-order chi connectivity index (χ0) is 22.8. The number of hydrogen-bond donors (Lipinski definition) is 3. The molecule has 0 bridgehead atoms. The molecule has 8 nitrogen and oxygen atoms in total. The number of halogens is 3. The Kier molecular flexibility index (Phi) is 6.16. The van der Waals surface area contributed by atoms with Gasteiger partial charge < -0.3 is 15.2 Å². The van der Waals surface area contributed by atoms with E-state index in [-0.39, 0.29) is 5.71 Å². The molecule has 2 aromatic rings. The van der Waals surface area contributed by atoms with E-state index in [1.807, 2.05) is 0 Å². The van der Waals surface area contributed by atoms with Gasteiger partial charge in [0.25, 0.3) is 5.91 Å². The molecule has 164 valence electrons. The van der Waals surface area contributed by atoms with Gasteiger partial charge in [0.05, 0.1) is 17.3 Å². The number of ether oxygens (including phenoxy) is 1. The Balaban J connectivity index is 1.70. The number of hydrazine groups is 1. The summed E-state index contributed by atoms with van der Waals surface area (Å²) in [5.41, 5.74) is 3.69. The third-order valence-electron chi connectivity index (χ3n) is 4.39. The van der Waals surface area contributed by atoms with Crippen LogP contribution in [-0.4, -0.2) is 35.3 Å². The molecule has 11 heteroatoms. The van der Waals surface area contributed by atoms with Crippen molar-refractivity contribution in [3.63, 3.8) is 0 Å². The largest absolute Gasteiger partial charge is 0.482 e. The summed E-state index contributed by atoms with van der Waals surface area (Å²) in [5, 5.41) is 16.8. The first kappa shape index (κ1) is 22.1. The molecule has 2 aromatic carbocycles. The summed E-state index contributed by atoms with van der Waals surface area (Å²) in [5.74, 6) is -1.22. The fourth-order valence-electron chi connectivity index (χ4n) is 2.86. The maximum absolute atomic E-state index is 12.7. The number of carboxylic acid groups (broad SMARTS) is 1. The molecule has 31 heavy (non-hydrogen) atoms. The van der Waals surface area contributed by atoms with E-state index in [2.05, 4.69) is 15.8 Å². The van der Waals surface area contributed by atoms with E-state index in [1.165, 1.54) is 17.3 Å². The zero-order valence-corrected chi connectivity index (χ0v) is 16.5. The topological polar surface area (TPSA) is 103 Å². The molecule has 1 aliphatic heterocycles. The van der Waals surface area contributed by atoms with Crippen LogP contribution in [0, 0.1) is 6.92 Å². The van der Waals surface area contributed by atoms with Crippen LogP contribution in [0.4, 0.5) is 24.5 Å². The predicted molar refractivity (Wildman–Crippen MR) is 107 cm³/mol. The maximum Gasteiger partial charge on any atom is 0.416 e. The van der Waals surface area contributed by atoms with Crippen LogP contribution in [0.1, 0.15) is 18.1 Å². The van der Waals surface area contributed by atoms with Crippen molar-refractivity contribution < 1.29 is 32.6 Å². The number of benzene rings is 2. The number of alkyl halides is 3. The number of hydrazone groups is 1. The smallest absolute Gasteiger partial charge is 0.416 e. The molecular formula is C20H19F3N4O4. The number of carbonyl (C=O) groups is 2. The minimum Gasteiger partial charge on any atom is -0.482 e. The second-order valence-corrected chi connectivity index (χ2v) is 6.81. The molecule has 0 spiro atoms. The van der Waals surface area contributed by atoms with E-state index >= 15 is 0 Å². The highest BCUT2D eigenvalue weighted by Gasteiger charge is 2.32. The normalized spacial score (nSPS) is 16.1. The van der Waals surface area contributed by atoms with Gasteiger partial charge in [0.2, 0.25) is 0 Å². The lowest BCUT2D eigenvalue weighted by Gasteiger charge is -2.16. The Bertz CT molecular complexity index is 1020. The van der Waals surface area contributed by atoms with E-state index in [1.54, 1.807) is 32.0 Å². The number of aliphatic carboxylic acids is 1.